The second-order valence-electron chi connectivity index (χ2n) is 5.88. The van der Waals surface area contributed by atoms with Gasteiger partial charge in [0.2, 0.25) is 5.91 Å². The second kappa shape index (κ2) is 8.61. The van der Waals surface area contributed by atoms with Gasteiger partial charge in [-0.25, -0.2) is 9.78 Å². The molecule has 4 amide bonds. The summed E-state index contributed by atoms with van der Waals surface area (Å²) in [5.74, 6) is -1.15. The molecule has 2 N–H and O–H groups in total. The van der Waals surface area contributed by atoms with E-state index in [1.807, 2.05) is 0 Å². The van der Waals surface area contributed by atoms with E-state index in [1.165, 1.54) is 11.3 Å². The van der Waals surface area contributed by atoms with Gasteiger partial charge in [0.1, 0.15) is 0 Å². The second-order valence-corrected chi connectivity index (χ2v) is 6.73. The van der Waals surface area contributed by atoms with Crippen LogP contribution in [0.4, 0.5) is 9.93 Å². The van der Waals surface area contributed by atoms with Crippen molar-refractivity contribution >= 4 is 40.3 Å². The van der Waals surface area contributed by atoms with Crippen LogP contribution in [0.5, 0.6) is 0 Å². The van der Waals surface area contributed by atoms with E-state index in [9.17, 15) is 19.2 Å². The van der Waals surface area contributed by atoms with E-state index in [2.05, 4.69) is 15.6 Å². The van der Waals surface area contributed by atoms with Crippen LogP contribution in [0, 0.1) is 0 Å². The van der Waals surface area contributed by atoms with Gasteiger partial charge in [0.05, 0.1) is 31.8 Å². The molecule has 0 atom stereocenters. The Labute approximate surface area is 164 Å². The largest absolute Gasteiger partial charge is 0.466 e. The molecule has 0 aliphatic carbocycles. The SMILES string of the molecule is CCOC(=O)Cc1csc(NC(=O)c2ccccc2CN2C(=O)CNC2=O)n1. The highest BCUT2D eigenvalue weighted by molar-refractivity contribution is 7.14. The van der Waals surface area contributed by atoms with Crippen molar-refractivity contribution in [3.05, 3.63) is 46.5 Å². The van der Waals surface area contributed by atoms with Crippen LogP contribution in [-0.4, -0.2) is 46.9 Å². The first-order chi connectivity index (χ1) is 13.5. The Bertz CT molecular complexity index is 910. The molecular weight excluding hydrogens is 384 g/mol. The number of nitrogens with one attached hydrogen (secondary N) is 2. The third kappa shape index (κ3) is 4.52. The molecule has 1 saturated heterocycles. The first-order valence-electron chi connectivity index (χ1n) is 8.55. The molecule has 9 nitrogen and oxygen atoms in total. The number of hydrogen-bond acceptors (Lipinski definition) is 7. The molecule has 0 saturated carbocycles. The van der Waals surface area contributed by atoms with E-state index in [0.29, 0.717) is 28.6 Å². The van der Waals surface area contributed by atoms with E-state index in [-0.39, 0.29) is 31.4 Å². The molecule has 0 spiro atoms. The number of carbonyl (C=O) groups is 4. The molecule has 3 rings (SSSR count). The van der Waals surface area contributed by atoms with Crippen LogP contribution in [0.2, 0.25) is 0 Å². The molecule has 28 heavy (non-hydrogen) atoms. The van der Waals surface area contributed by atoms with Crippen molar-refractivity contribution in [3.8, 4) is 0 Å². The molecule has 10 heteroatoms. The number of esters is 1. The number of anilines is 1. The summed E-state index contributed by atoms with van der Waals surface area (Å²) >= 11 is 1.19. The van der Waals surface area contributed by atoms with E-state index in [1.54, 1.807) is 36.6 Å². The molecule has 2 aromatic rings. The third-order valence-corrected chi connectivity index (χ3v) is 4.74. The minimum atomic E-state index is -0.483. The summed E-state index contributed by atoms with van der Waals surface area (Å²) in [7, 11) is 0. The molecule has 1 aromatic heterocycles. The number of thiazole rings is 1. The van der Waals surface area contributed by atoms with Crippen molar-refractivity contribution in [2.24, 2.45) is 0 Å². The number of imide groups is 1. The fourth-order valence-corrected chi connectivity index (χ4v) is 3.34. The van der Waals surface area contributed by atoms with Gasteiger partial charge < -0.3 is 10.1 Å². The summed E-state index contributed by atoms with van der Waals surface area (Å²) in [6.45, 7) is 1.97. The van der Waals surface area contributed by atoms with Crippen LogP contribution in [0.1, 0.15) is 28.5 Å². The summed E-state index contributed by atoms with van der Waals surface area (Å²) in [4.78, 5) is 53.0. The van der Waals surface area contributed by atoms with E-state index < -0.39 is 11.9 Å². The van der Waals surface area contributed by atoms with Gasteiger partial charge in [-0.2, -0.15) is 0 Å². The maximum Gasteiger partial charge on any atom is 0.324 e. The summed E-state index contributed by atoms with van der Waals surface area (Å²) in [5, 5.41) is 7.14. The van der Waals surface area contributed by atoms with Gasteiger partial charge in [-0.3, -0.25) is 24.6 Å². The lowest BCUT2D eigenvalue weighted by Gasteiger charge is -2.15. The number of aromatic nitrogens is 1. The summed E-state index contributed by atoms with van der Waals surface area (Å²) in [5.41, 5.74) is 1.37. The minimum absolute atomic E-state index is 0.000236. The highest BCUT2D eigenvalue weighted by atomic mass is 32.1. The fourth-order valence-electron chi connectivity index (χ4n) is 2.64. The zero-order chi connectivity index (χ0) is 20.1. The normalized spacial score (nSPS) is 13.4. The van der Waals surface area contributed by atoms with Gasteiger partial charge in [-0.15, -0.1) is 11.3 Å². The van der Waals surface area contributed by atoms with E-state index in [4.69, 9.17) is 4.74 Å². The zero-order valence-electron chi connectivity index (χ0n) is 15.1. The monoisotopic (exact) mass is 402 g/mol. The maximum atomic E-state index is 12.7. The van der Waals surface area contributed by atoms with Crippen molar-refractivity contribution in [2.75, 3.05) is 18.5 Å². The number of carbonyl (C=O) groups excluding carboxylic acids is 4. The van der Waals surface area contributed by atoms with Crippen molar-refractivity contribution < 1.29 is 23.9 Å². The summed E-state index contributed by atoms with van der Waals surface area (Å²) in [6.07, 6.45) is 0.0307. The molecule has 1 fully saturated rings. The Morgan fingerprint density at radius 1 is 1.32 bits per heavy atom. The molecule has 1 aromatic carbocycles. The van der Waals surface area contributed by atoms with Crippen molar-refractivity contribution in [1.82, 2.24) is 15.2 Å². The Hall–Kier alpha value is -3.27. The predicted molar refractivity (Wildman–Crippen MR) is 101 cm³/mol. The Kier molecular flexibility index (Phi) is 5.99. The van der Waals surface area contributed by atoms with Crippen LogP contribution in [0.3, 0.4) is 0 Å². The Balaban J connectivity index is 1.70. The predicted octanol–water partition coefficient (Wildman–Crippen LogP) is 1.55. The van der Waals surface area contributed by atoms with Gasteiger partial charge in [-0.05, 0) is 18.6 Å². The van der Waals surface area contributed by atoms with Crippen LogP contribution in [0.25, 0.3) is 0 Å². The molecule has 0 unspecified atom stereocenters. The van der Waals surface area contributed by atoms with Crippen LogP contribution in [0.15, 0.2) is 29.6 Å². The molecule has 1 aliphatic rings. The van der Waals surface area contributed by atoms with Gasteiger partial charge in [-0.1, -0.05) is 18.2 Å². The van der Waals surface area contributed by atoms with Crippen molar-refractivity contribution in [3.63, 3.8) is 0 Å². The maximum absolute atomic E-state index is 12.7. The average molecular weight is 402 g/mol. The van der Waals surface area contributed by atoms with Gasteiger partial charge in [0.15, 0.2) is 5.13 Å². The van der Waals surface area contributed by atoms with Crippen LogP contribution in [-0.2, 0) is 27.3 Å². The average Bonchev–Trinajstić information content (AvgIpc) is 3.23. The van der Waals surface area contributed by atoms with Crippen LogP contribution >= 0.6 is 11.3 Å². The summed E-state index contributed by atoms with van der Waals surface area (Å²) in [6, 6.07) is 6.23. The highest BCUT2D eigenvalue weighted by Gasteiger charge is 2.29. The standard InChI is InChI=1S/C18H18N4O5S/c1-2-27-15(24)7-12-10-28-17(20-12)21-16(25)13-6-4-3-5-11(13)9-22-14(23)8-19-18(22)26/h3-6,10H,2,7-9H2,1H3,(H,19,26)(H,20,21,25). The van der Waals surface area contributed by atoms with E-state index in [0.717, 1.165) is 4.90 Å². The van der Waals surface area contributed by atoms with E-state index >= 15 is 0 Å². The quantitative estimate of drug-likeness (QED) is 0.536. The lowest BCUT2D eigenvalue weighted by molar-refractivity contribution is -0.142. The van der Waals surface area contributed by atoms with Crippen molar-refractivity contribution in [2.45, 2.75) is 19.9 Å². The summed E-state index contributed by atoms with van der Waals surface area (Å²) < 4.78 is 4.88. The molecule has 2 heterocycles. The lowest BCUT2D eigenvalue weighted by atomic mass is 10.1. The number of amides is 4. The smallest absolute Gasteiger partial charge is 0.324 e. The number of nitrogens with zero attached hydrogens (tertiary/aromatic N) is 2. The van der Waals surface area contributed by atoms with Gasteiger partial charge in [0, 0.05) is 10.9 Å². The van der Waals surface area contributed by atoms with Gasteiger partial charge in [0.25, 0.3) is 5.91 Å². The molecule has 1 aliphatic heterocycles. The zero-order valence-corrected chi connectivity index (χ0v) is 15.9. The topological polar surface area (TPSA) is 118 Å². The van der Waals surface area contributed by atoms with Crippen molar-refractivity contribution in [1.29, 1.82) is 0 Å². The molecule has 146 valence electrons. The van der Waals surface area contributed by atoms with Gasteiger partial charge >= 0.3 is 12.0 Å². The Morgan fingerprint density at radius 3 is 2.82 bits per heavy atom. The molecule has 0 radical (unpaired) electrons. The van der Waals surface area contributed by atoms with Crippen LogP contribution < -0.4 is 10.6 Å². The number of urea groups is 1. The lowest BCUT2D eigenvalue weighted by Crippen LogP contribution is -2.31. The third-order valence-electron chi connectivity index (χ3n) is 3.93. The molecular formula is C18H18N4O5S. The fraction of sp³-hybridized carbons (Fsp3) is 0.278. The number of hydrogen-bond donors (Lipinski definition) is 2. The molecule has 0 bridgehead atoms. The minimum Gasteiger partial charge on any atom is -0.466 e. The number of ether oxygens (including phenoxy) is 1. The highest BCUT2D eigenvalue weighted by Crippen LogP contribution is 2.19. The first kappa shape index (κ1) is 19.5. The Morgan fingerprint density at radius 2 is 2.11 bits per heavy atom. The first-order valence-corrected chi connectivity index (χ1v) is 9.43. The number of benzene rings is 1. The number of rotatable bonds is 7.